The second-order valence-corrected chi connectivity index (χ2v) is 18.3. The fraction of sp³-hybridized carbons (Fsp3) is 0.961. The van der Waals surface area contributed by atoms with Crippen molar-refractivity contribution >= 4 is 11.9 Å². The molecule has 1 aliphatic heterocycles. The highest BCUT2D eigenvalue weighted by Gasteiger charge is 2.20. The zero-order valence-electron chi connectivity index (χ0n) is 39.2. The van der Waals surface area contributed by atoms with Gasteiger partial charge in [-0.1, -0.05) is 182 Å². The second kappa shape index (κ2) is 41.2. The maximum absolute atomic E-state index is 12.4. The Labute approximate surface area is 360 Å². The number of hydrogen-bond donors (Lipinski definition) is 1. The number of unbranched alkanes of at least 4 members (excludes halogenated alkanes) is 16. The number of nitrogens with zero attached hydrogens (tertiary/aromatic N) is 1. The van der Waals surface area contributed by atoms with Gasteiger partial charge in [-0.25, -0.2) is 0 Å². The first-order chi connectivity index (χ1) is 28.4. The number of esters is 2. The number of aliphatic hydroxyl groups is 1. The van der Waals surface area contributed by atoms with E-state index in [1.54, 1.807) is 0 Å². The van der Waals surface area contributed by atoms with E-state index in [0.717, 1.165) is 103 Å². The van der Waals surface area contributed by atoms with Crippen molar-refractivity contribution in [2.24, 2.45) is 17.8 Å². The fourth-order valence-electron chi connectivity index (χ4n) is 8.90. The lowest BCUT2D eigenvalue weighted by Crippen LogP contribution is -2.26. The van der Waals surface area contributed by atoms with Crippen molar-refractivity contribution in [2.45, 2.75) is 259 Å². The monoisotopic (exact) mass is 822 g/mol. The Morgan fingerprint density at radius 3 is 1.26 bits per heavy atom. The van der Waals surface area contributed by atoms with Crippen molar-refractivity contribution in [1.82, 2.24) is 4.90 Å². The lowest BCUT2D eigenvalue weighted by molar-refractivity contribution is -0.145. The van der Waals surface area contributed by atoms with Gasteiger partial charge in [0.2, 0.25) is 0 Å². The maximum atomic E-state index is 12.4. The second-order valence-electron chi connectivity index (χ2n) is 18.3. The fourth-order valence-corrected chi connectivity index (χ4v) is 8.90. The summed E-state index contributed by atoms with van der Waals surface area (Å²) in [5.74, 6) is 1.51. The standard InChI is InChI=1S/C51H99NO6/c1-5-9-19-30-46(31-20-10-6-2)38-44-56-49(53)36-25-17-13-15-23-34-48(51(55)58-43-29-42-52-40-27-28-41-52)35-24-16-14-18-26-37-50(54)57-45-39-47(32-21-11-7-3)33-22-12-8-4/h46-48,51,55H,5-45H2,1-4H3. The highest BCUT2D eigenvalue weighted by atomic mass is 16.6. The van der Waals surface area contributed by atoms with Crippen LogP contribution in [0.3, 0.4) is 0 Å². The molecule has 0 aromatic heterocycles. The molecule has 1 heterocycles. The average Bonchev–Trinajstić information content (AvgIpc) is 3.74. The minimum absolute atomic E-state index is 0.0273. The SMILES string of the molecule is CCCCCC(CCCCC)CCOC(=O)CCCCCCCC(CCCCCCCC(=O)OCCC(CCCCC)CCCCC)C(O)OCCCN1CCCC1. The molecule has 0 saturated carbocycles. The summed E-state index contributed by atoms with van der Waals surface area (Å²) in [6.07, 6.45) is 39.1. The molecule has 1 atom stereocenters. The van der Waals surface area contributed by atoms with Gasteiger partial charge >= 0.3 is 11.9 Å². The third kappa shape index (κ3) is 33.5. The zero-order valence-corrected chi connectivity index (χ0v) is 39.2. The predicted molar refractivity (Wildman–Crippen MR) is 245 cm³/mol. The van der Waals surface area contributed by atoms with Crippen LogP contribution in [0.4, 0.5) is 0 Å². The molecule has 1 N–H and O–H groups in total. The summed E-state index contributed by atoms with van der Waals surface area (Å²) in [5.41, 5.74) is 0. The molecule has 0 aromatic carbocycles. The van der Waals surface area contributed by atoms with Gasteiger partial charge in [-0.05, 0) is 82.7 Å². The van der Waals surface area contributed by atoms with Crippen LogP contribution in [-0.4, -0.2) is 67.7 Å². The van der Waals surface area contributed by atoms with Crippen molar-refractivity contribution in [3.63, 3.8) is 0 Å². The summed E-state index contributed by atoms with van der Waals surface area (Å²) in [5, 5.41) is 11.1. The Kier molecular flexibility index (Phi) is 38.9. The largest absolute Gasteiger partial charge is 0.466 e. The third-order valence-electron chi connectivity index (χ3n) is 12.9. The Morgan fingerprint density at radius 1 is 0.466 bits per heavy atom. The number of carbonyl (C=O) groups excluding carboxylic acids is 2. The minimum Gasteiger partial charge on any atom is -0.466 e. The van der Waals surface area contributed by atoms with Crippen molar-refractivity contribution in [2.75, 3.05) is 39.5 Å². The Bertz CT molecular complexity index is 818. The molecule has 0 aromatic rings. The van der Waals surface area contributed by atoms with Gasteiger partial charge in [0.25, 0.3) is 0 Å². The van der Waals surface area contributed by atoms with E-state index in [1.807, 2.05) is 0 Å². The average molecular weight is 822 g/mol. The highest BCUT2D eigenvalue weighted by molar-refractivity contribution is 5.69. The van der Waals surface area contributed by atoms with Gasteiger partial charge in [0.15, 0.2) is 6.29 Å². The molecule has 58 heavy (non-hydrogen) atoms. The highest BCUT2D eigenvalue weighted by Crippen LogP contribution is 2.25. The number of hydrogen-bond acceptors (Lipinski definition) is 7. The van der Waals surface area contributed by atoms with E-state index in [1.165, 1.54) is 129 Å². The summed E-state index contributed by atoms with van der Waals surface area (Å²) in [6.45, 7) is 14.3. The summed E-state index contributed by atoms with van der Waals surface area (Å²) in [6, 6.07) is 0. The van der Waals surface area contributed by atoms with Gasteiger partial charge in [-0.2, -0.15) is 0 Å². The van der Waals surface area contributed by atoms with Crippen LogP contribution in [0.1, 0.15) is 252 Å². The molecule has 1 saturated heterocycles. The summed E-state index contributed by atoms with van der Waals surface area (Å²) in [7, 11) is 0. The molecule has 0 radical (unpaired) electrons. The van der Waals surface area contributed by atoms with Gasteiger partial charge < -0.3 is 24.2 Å². The normalized spacial score (nSPS) is 14.0. The number of rotatable bonds is 44. The van der Waals surface area contributed by atoms with Crippen LogP contribution in [0.25, 0.3) is 0 Å². The molecule has 344 valence electrons. The molecule has 0 spiro atoms. The van der Waals surface area contributed by atoms with Crippen LogP contribution in [0.5, 0.6) is 0 Å². The van der Waals surface area contributed by atoms with Crippen molar-refractivity contribution < 1.29 is 28.9 Å². The van der Waals surface area contributed by atoms with E-state index in [0.29, 0.717) is 44.5 Å². The van der Waals surface area contributed by atoms with Crippen molar-refractivity contribution in [1.29, 1.82) is 0 Å². The quantitative estimate of drug-likeness (QED) is 0.0372. The van der Waals surface area contributed by atoms with Crippen molar-refractivity contribution in [3.05, 3.63) is 0 Å². The third-order valence-corrected chi connectivity index (χ3v) is 12.9. The molecule has 1 aliphatic rings. The molecule has 0 aliphatic carbocycles. The predicted octanol–water partition coefficient (Wildman–Crippen LogP) is 14.3. The van der Waals surface area contributed by atoms with E-state index < -0.39 is 6.29 Å². The summed E-state index contributed by atoms with van der Waals surface area (Å²) >= 11 is 0. The Morgan fingerprint density at radius 2 is 0.845 bits per heavy atom. The lowest BCUT2D eigenvalue weighted by Gasteiger charge is -2.24. The van der Waals surface area contributed by atoms with E-state index >= 15 is 0 Å². The molecule has 7 nitrogen and oxygen atoms in total. The first-order valence-corrected chi connectivity index (χ1v) is 25.8. The Hall–Kier alpha value is -1.18. The molecule has 0 bridgehead atoms. The van der Waals surface area contributed by atoms with E-state index in [9.17, 15) is 14.7 Å². The van der Waals surface area contributed by atoms with E-state index in [2.05, 4.69) is 32.6 Å². The first-order valence-electron chi connectivity index (χ1n) is 25.8. The van der Waals surface area contributed by atoms with Gasteiger partial charge in [0.05, 0.1) is 19.8 Å². The number of likely N-dealkylation sites (tertiary alicyclic amines) is 1. The molecular formula is C51H99NO6. The van der Waals surface area contributed by atoms with Gasteiger partial charge in [0.1, 0.15) is 0 Å². The first kappa shape index (κ1) is 54.8. The number of aliphatic hydroxyl groups excluding tert-OH is 1. The van der Waals surface area contributed by atoms with Gasteiger partial charge in [-0.3, -0.25) is 9.59 Å². The molecule has 1 unspecified atom stereocenters. The maximum Gasteiger partial charge on any atom is 0.305 e. The molecule has 1 rings (SSSR count). The number of carbonyl (C=O) groups is 2. The van der Waals surface area contributed by atoms with Crippen LogP contribution in [0.15, 0.2) is 0 Å². The molecule has 7 heteroatoms. The smallest absolute Gasteiger partial charge is 0.305 e. The zero-order chi connectivity index (χ0) is 42.2. The van der Waals surface area contributed by atoms with E-state index in [4.69, 9.17) is 14.2 Å². The summed E-state index contributed by atoms with van der Waals surface area (Å²) in [4.78, 5) is 27.4. The summed E-state index contributed by atoms with van der Waals surface area (Å²) < 4.78 is 17.3. The van der Waals surface area contributed by atoms with Crippen LogP contribution in [0, 0.1) is 17.8 Å². The van der Waals surface area contributed by atoms with Crippen LogP contribution in [-0.2, 0) is 23.8 Å². The van der Waals surface area contributed by atoms with Crippen LogP contribution in [0.2, 0.25) is 0 Å². The Balaban J connectivity index is 2.30. The van der Waals surface area contributed by atoms with Gasteiger partial charge in [0, 0.05) is 25.3 Å². The number of ether oxygens (including phenoxy) is 3. The lowest BCUT2D eigenvalue weighted by atomic mass is 9.92. The molecular weight excluding hydrogens is 723 g/mol. The molecule has 0 amide bonds. The molecule has 1 fully saturated rings. The van der Waals surface area contributed by atoms with Crippen LogP contribution < -0.4 is 0 Å². The minimum atomic E-state index is -0.695. The van der Waals surface area contributed by atoms with Gasteiger partial charge in [-0.15, -0.1) is 0 Å². The van der Waals surface area contributed by atoms with Crippen molar-refractivity contribution in [3.8, 4) is 0 Å². The van der Waals surface area contributed by atoms with Crippen LogP contribution >= 0.6 is 0 Å². The topological polar surface area (TPSA) is 85.3 Å². The van der Waals surface area contributed by atoms with E-state index in [-0.39, 0.29) is 17.9 Å².